The van der Waals surface area contributed by atoms with Crippen molar-refractivity contribution in [3.63, 3.8) is 0 Å². The molecule has 1 heterocycles. The fraction of sp³-hybridized carbons (Fsp3) is 0.390. The molecule has 4 aromatic carbocycles. The van der Waals surface area contributed by atoms with Crippen molar-refractivity contribution in [1.29, 1.82) is 0 Å². The second kappa shape index (κ2) is 15.2. The van der Waals surface area contributed by atoms with Crippen molar-refractivity contribution in [2.45, 2.75) is 70.1 Å². The summed E-state index contributed by atoms with van der Waals surface area (Å²) in [6, 6.07) is 36.0. The van der Waals surface area contributed by atoms with Crippen LogP contribution < -0.4 is 15.1 Å². The summed E-state index contributed by atoms with van der Waals surface area (Å²) in [4.78, 5) is 12.2. The van der Waals surface area contributed by atoms with Crippen molar-refractivity contribution in [1.82, 2.24) is 4.31 Å². The van der Waals surface area contributed by atoms with Crippen LogP contribution in [0, 0.1) is 6.92 Å². The first-order valence-electron chi connectivity index (χ1n) is 17.4. The van der Waals surface area contributed by atoms with Crippen LogP contribution in [0.3, 0.4) is 0 Å². The molecule has 4 aromatic rings. The maximum Gasteiger partial charge on any atom is 0.328 e. The first-order valence-corrected chi connectivity index (χ1v) is 20.7. The first-order chi connectivity index (χ1) is 23.7. The Kier molecular flexibility index (Phi) is 11.4. The van der Waals surface area contributed by atoms with Gasteiger partial charge in [-0.05, 0) is 89.3 Å². The summed E-state index contributed by atoms with van der Waals surface area (Å²) >= 11 is 0. The van der Waals surface area contributed by atoms with E-state index in [2.05, 4.69) is 119 Å². The number of esters is 1. The number of hydrogen-bond acceptors (Lipinski definition) is 6. The van der Waals surface area contributed by atoms with Gasteiger partial charge in [0.15, 0.2) is 4.75 Å². The number of benzene rings is 4. The number of rotatable bonds is 12. The van der Waals surface area contributed by atoms with Crippen LogP contribution in [0.4, 0.5) is 0 Å². The fourth-order valence-corrected chi connectivity index (χ4v) is 13.4. The van der Waals surface area contributed by atoms with E-state index in [1.165, 1.54) is 41.2 Å². The normalized spacial score (nSPS) is 15.1. The maximum atomic E-state index is 13.2. The summed E-state index contributed by atoms with van der Waals surface area (Å²) in [5.74, 6) is 0.283. The van der Waals surface area contributed by atoms with Crippen molar-refractivity contribution < 1.29 is 27.1 Å². The van der Waals surface area contributed by atoms with Gasteiger partial charge >= 0.3 is 5.97 Å². The van der Waals surface area contributed by atoms with Crippen LogP contribution in [0.15, 0.2) is 103 Å². The highest BCUT2D eigenvalue weighted by Crippen LogP contribution is 2.37. The molecule has 0 spiro atoms. The number of hydrogen-bond donors (Lipinski definition) is 0. The summed E-state index contributed by atoms with van der Waals surface area (Å²) in [5, 5.41) is 2.39. The van der Waals surface area contributed by atoms with Gasteiger partial charge in [0.1, 0.15) is 12.4 Å². The summed E-state index contributed by atoms with van der Waals surface area (Å²) in [6.45, 7) is 13.4. The van der Waals surface area contributed by atoms with E-state index in [1.807, 2.05) is 12.1 Å². The minimum Gasteiger partial charge on any atom is -0.491 e. The van der Waals surface area contributed by atoms with Crippen molar-refractivity contribution in [2.75, 3.05) is 33.4 Å². The van der Waals surface area contributed by atoms with Crippen molar-refractivity contribution >= 4 is 34.7 Å². The molecule has 9 heteroatoms. The van der Waals surface area contributed by atoms with Crippen molar-refractivity contribution in [3.05, 3.63) is 114 Å². The Morgan fingerprint density at radius 2 is 1.40 bits per heavy atom. The molecule has 50 heavy (non-hydrogen) atoms. The van der Waals surface area contributed by atoms with E-state index in [1.54, 1.807) is 0 Å². The predicted octanol–water partition coefficient (Wildman–Crippen LogP) is 7.08. The Labute approximate surface area is 299 Å². The van der Waals surface area contributed by atoms with Crippen LogP contribution in [0.25, 0.3) is 11.1 Å². The lowest BCUT2D eigenvalue weighted by atomic mass is 9.87. The second-order valence-corrected chi connectivity index (χ2v) is 21.4. The maximum absolute atomic E-state index is 13.2. The van der Waals surface area contributed by atoms with Crippen LogP contribution in [0.2, 0.25) is 5.04 Å². The molecule has 0 atom stereocenters. The lowest BCUT2D eigenvalue weighted by Gasteiger charge is -2.43. The molecule has 1 fully saturated rings. The standard InChI is InChI=1S/C41H51NO6SSi/c1-31-29-33(32-23-25-42(26-24-32)49(44,45)41(5,6)39(43)46-7)21-22-38(31)34-15-14-16-35(30-34)47-27-28-48-50(40(2,3)4,36-17-10-8-11-18-36)37-19-12-9-13-20-37/h8-22,29-30,32H,23-28H2,1-7H3. The lowest BCUT2D eigenvalue weighted by molar-refractivity contribution is -0.142. The first kappa shape index (κ1) is 37.5. The van der Waals surface area contributed by atoms with E-state index in [-0.39, 0.29) is 11.0 Å². The van der Waals surface area contributed by atoms with Gasteiger partial charge < -0.3 is 13.9 Å². The van der Waals surface area contributed by atoms with Crippen LogP contribution in [0.1, 0.15) is 64.5 Å². The highest BCUT2D eigenvalue weighted by molar-refractivity contribution is 7.91. The largest absolute Gasteiger partial charge is 0.491 e. The zero-order valence-corrected chi connectivity index (χ0v) is 32.3. The number of carbonyl (C=O) groups is 1. The average Bonchev–Trinajstić information content (AvgIpc) is 3.11. The van der Waals surface area contributed by atoms with Crippen LogP contribution in [-0.2, 0) is 24.0 Å². The number of sulfonamides is 1. The molecule has 0 bridgehead atoms. The third-order valence-electron chi connectivity index (χ3n) is 10.1. The molecular formula is C41H51NO6SSi. The molecule has 0 radical (unpaired) electrons. The van der Waals surface area contributed by atoms with E-state index in [9.17, 15) is 13.2 Å². The number of carbonyl (C=O) groups excluding carboxylic acids is 1. The topological polar surface area (TPSA) is 82.1 Å². The van der Waals surface area contributed by atoms with Gasteiger partial charge in [-0.1, -0.05) is 112 Å². The molecule has 266 valence electrons. The minimum atomic E-state index is -3.84. The molecule has 7 nitrogen and oxygen atoms in total. The van der Waals surface area contributed by atoms with Gasteiger partial charge in [-0.15, -0.1) is 0 Å². The Hall–Kier alpha value is -3.76. The van der Waals surface area contributed by atoms with E-state index in [4.69, 9.17) is 13.9 Å². The smallest absolute Gasteiger partial charge is 0.328 e. The summed E-state index contributed by atoms with van der Waals surface area (Å²) in [5.41, 5.74) is 4.55. The van der Waals surface area contributed by atoms with Crippen LogP contribution in [-0.4, -0.2) is 65.2 Å². The number of aryl methyl sites for hydroxylation is 1. The number of ether oxygens (including phenoxy) is 2. The Morgan fingerprint density at radius 3 is 1.94 bits per heavy atom. The number of methoxy groups -OCH3 is 1. The molecule has 0 aliphatic carbocycles. The van der Waals surface area contributed by atoms with Crippen molar-refractivity contribution in [2.24, 2.45) is 0 Å². The highest BCUT2D eigenvalue weighted by Gasteiger charge is 2.50. The van der Waals surface area contributed by atoms with Gasteiger partial charge in [-0.3, -0.25) is 4.79 Å². The molecule has 0 amide bonds. The molecule has 0 unspecified atom stereocenters. The number of nitrogens with zero attached hydrogens (tertiary/aromatic N) is 1. The fourth-order valence-electron chi connectivity index (χ4n) is 7.24. The van der Waals surface area contributed by atoms with Gasteiger partial charge in [0, 0.05) is 13.1 Å². The Bertz CT molecular complexity index is 1820. The zero-order chi connectivity index (χ0) is 36.2. The quantitative estimate of drug-likeness (QED) is 0.0888. The molecule has 0 saturated carbocycles. The van der Waals surface area contributed by atoms with Gasteiger partial charge in [-0.25, -0.2) is 12.7 Å². The van der Waals surface area contributed by atoms with E-state index >= 15 is 0 Å². The third kappa shape index (κ3) is 7.47. The molecule has 5 rings (SSSR count). The van der Waals surface area contributed by atoms with Crippen molar-refractivity contribution in [3.8, 4) is 16.9 Å². The Morgan fingerprint density at radius 1 is 0.800 bits per heavy atom. The second-order valence-electron chi connectivity index (χ2n) is 14.6. The summed E-state index contributed by atoms with van der Waals surface area (Å²) in [7, 11) is -5.26. The number of piperidine rings is 1. The molecule has 1 aliphatic heterocycles. The van der Waals surface area contributed by atoms with Gasteiger partial charge in [0.05, 0.1) is 13.7 Å². The molecule has 0 aromatic heterocycles. The van der Waals surface area contributed by atoms with E-state index < -0.39 is 29.1 Å². The van der Waals surface area contributed by atoms with Gasteiger partial charge in [0.2, 0.25) is 10.0 Å². The van der Waals surface area contributed by atoms with E-state index in [0.717, 1.165) is 22.4 Å². The molecular weight excluding hydrogens is 663 g/mol. The predicted molar refractivity (Wildman–Crippen MR) is 204 cm³/mol. The van der Waals surface area contributed by atoms with E-state index in [0.29, 0.717) is 39.1 Å². The summed E-state index contributed by atoms with van der Waals surface area (Å²) in [6.07, 6.45) is 1.38. The monoisotopic (exact) mass is 713 g/mol. The van der Waals surface area contributed by atoms with Crippen LogP contribution >= 0.6 is 0 Å². The SMILES string of the molecule is COC(=O)C(C)(C)S(=O)(=O)N1CCC(c2ccc(-c3cccc(OCCO[Si](c4ccccc4)(c4ccccc4)C(C)(C)C)c3)c(C)c2)CC1. The average molecular weight is 714 g/mol. The van der Waals surface area contributed by atoms with Gasteiger partial charge in [0.25, 0.3) is 8.32 Å². The Balaban J connectivity index is 1.25. The highest BCUT2D eigenvalue weighted by atomic mass is 32.2. The van der Waals surface area contributed by atoms with Gasteiger partial charge in [-0.2, -0.15) is 0 Å². The van der Waals surface area contributed by atoms with Crippen LogP contribution in [0.5, 0.6) is 5.75 Å². The third-order valence-corrected chi connectivity index (χ3v) is 17.6. The molecule has 0 N–H and O–H groups in total. The minimum absolute atomic E-state index is 0.102. The zero-order valence-electron chi connectivity index (χ0n) is 30.4. The summed E-state index contributed by atoms with van der Waals surface area (Å²) < 4.78 is 44.4. The molecule has 1 saturated heterocycles. The molecule has 1 aliphatic rings. The lowest BCUT2D eigenvalue weighted by Crippen LogP contribution is -2.66.